The quantitative estimate of drug-likeness (QED) is 0.571. The normalized spacial score (nSPS) is 13.2. The summed E-state index contributed by atoms with van der Waals surface area (Å²) in [7, 11) is 0. The summed E-state index contributed by atoms with van der Waals surface area (Å²) in [5.41, 5.74) is 0. The van der Waals surface area contributed by atoms with Crippen molar-refractivity contribution in [2.24, 2.45) is 0 Å². The van der Waals surface area contributed by atoms with E-state index in [-0.39, 0.29) is 0 Å². The Morgan fingerprint density at radius 1 is 1.31 bits per heavy atom. The Labute approximate surface area is 82.9 Å². The van der Waals surface area contributed by atoms with E-state index in [2.05, 4.69) is 9.47 Å². The first-order valence-electron chi connectivity index (χ1n) is 2.95. The summed E-state index contributed by atoms with van der Waals surface area (Å²) in [5.74, 6) is 0. The Kier molecular flexibility index (Phi) is 4.09. The van der Waals surface area contributed by atoms with Gasteiger partial charge in [-0.1, -0.05) is 23.2 Å². The molecule has 0 saturated heterocycles. The third-order valence-corrected chi connectivity index (χ3v) is 1.74. The van der Waals surface area contributed by atoms with Gasteiger partial charge in [-0.05, 0) is 6.92 Å². The lowest BCUT2D eigenvalue weighted by Crippen LogP contribution is -2.36. The van der Waals surface area contributed by atoms with E-state index in [4.69, 9.17) is 33.4 Å². The number of carbonyl (C=O) groups is 2. The molecule has 0 aromatic heterocycles. The predicted molar refractivity (Wildman–Crippen MR) is 42.1 cm³/mol. The number of rotatable bonds is 3. The molecule has 8 heteroatoms. The van der Waals surface area contributed by atoms with Crippen molar-refractivity contribution in [2.45, 2.75) is 17.5 Å². The van der Waals surface area contributed by atoms with Crippen LogP contribution in [0.15, 0.2) is 0 Å². The molecule has 1 unspecified atom stereocenters. The highest BCUT2D eigenvalue weighted by molar-refractivity contribution is 6.48. The van der Waals surface area contributed by atoms with Gasteiger partial charge < -0.3 is 19.7 Å². The predicted octanol–water partition coefficient (Wildman–Crippen LogP) is 1.90. The summed E-state index contributed by atoms with van der Waals surface area (Å²) in [6.45, 7) is 1.15. The van der Waals surface area contributed by atoms with E-state index in [1.165, 1.54) is 0 Å². The monoisotopic (exact) mass is 232 g/mol. The van der Waals surface area contributed by atoms with Gasteiger partial charge in [0, 0.05) is 0 Å². The highest BCUT2D eigenvalue weighted by Gasteiger charge is 2.39. The van der Waals surface area contributed by atoms with Gasteiger partial charge in [0.2, 0.25) is 0 Å². The van der Waals surface area contributed by atoms with Gasteiger partial charge in [-0.15, -0.1) is 0 Å². The SMILES string of the molecule is CC(OC(=O)O)C(Cl)(Cl)OC(=O)O. The summed E-state index contributed by atoms with van der Waals surface area (Å²) >= 11 is 10.6. The van der Waals surface area contributed by atoms with E-state index in [1.807, 2.05) is 0 Å². The zero-order chi connectivity index (χ0) is 10.6. The Morgan fingerprint density at radius 3 is 2.08 bits per heavy atom. The second-order valence-electron chi connectivity index (χ2n) is 1.96. The zero-order valence-electron chi connectivity index (χ0n) is 6.36. The van der Waals surface area contributed by atoms with E-state index in [9.17, 15) is 9.59 Å². The van der Waals surface area contributed by atoms with Crippen molar-refractivity contribution in [1.29, 1.82) is 0 Å². The molecular formula is C5H6Cl2O6. The maximum Gasteiger partial charge on any atom is 0.508 e. The summed E-state index contributed by atoms with van der Waals surface area (Å²) in [5, 5.41) is 16.3. The van der Waals surface area contributed by atoms with Gasteiger partial charge in [-0.25, -0.2) is 9.59 Å². The van der Waals surface area contributed by atoms with Gasteiger partial charge in [0.25, 0.3) is 0 Å². The van der Waals surface area contributed by atoms with Crippen molar-refractivity contribution in [3.05, 3.63) is 0 Å². The largest absolute Gasteiger partial charge is 0.508 e. The van der Waals surface area contributed by atoms with Crippen LogP contribution < -0.4 is 0 Å². The number of halogens is 2. The molecule has 0 fully saturated rings. The van der Waals surface area contributed by atoms with Gasteiger partial charge in [0.15, 0.2) is 6.10 Å². The third-order valence-electron chi connectivity index (χ3n) is 0.974. The maximum atomic E-state index is 10.0. The average molecular weight is 233 g/mol. The minimum absolute atomic E-state index is 1.15. The maximum absolute atomic E-state index is 10.0. The van der Waals surface area contributed by atoms with Crippen molar-refractivity contribution in [2.75, 3.05) is 0 Å². The van der Waals surface area contributed by atoms with E-state index in [0.29, 0.717) is 0 Å². The van der Waals surface area contributed by atoms with E-state index in [1.54, 1.807) is 0 Å². The zero-order valence-corrected chi connectivity index (χ0v) is 7.87. The van der Waals surface area contributed by atoms with Crippen molar-refractivity contribution < 1.29 is 29.3 Å². The minimum atomic E-state index is -2.25. The van der Waals surface area contributed by atoms with Crippen LogP contribution in [-0.2, 0) is 9.47 Å². The van der Waals surface area contributed by atoms with Crippen LogP contribution in [0.5, 0.6) is 0 Å². The van der Waals surface area contributed by atoms with Crippen LogP contribution in [0.1, 0.15) is 6.92 Å². The highest BCUT2D eigenvalue weighted by Crippen LogP contribution is 2.29. The van der Waals surface area contributed by atoms with E-state index in [0.717, 1.165) is 6.92 Å². The summed E-state index contributed by atoms with van der Waals surface area (Å²) in [6, 6.07) is 0. The number of hydrogen-bond acceptors (Lipinski definition) is 4. The molecule has 0 bridgehead atoms. The fourth-order valence-corrected chi connectivity index (χ4v) is 0.640. The van der Waals surface area contributed by atoms with Crippen LogP contribution in [-0.4, -0.2) is 33.1 Å². The Balaban J connectivity index is 4.25. The molecule has 0 aromatic carbocycles. The lowest BCUT2D eigenvalue weighted by atomic mass is 10.4. The molecule has 0 heterocycles. The smallest absolute Gasteiger partial charge is 0.450 e. The minimum Gasteiger partial charge on any atom is -0.450 e. The molecule has 0 rings (SSSR count). The van der Waals surface area contributed by atoms with Gasteiger partial charge in [-0.2, -0.15) is 0 Å². The molecule has 0 aromatic rings. The van der Waals surface area contributed by atoms with Gasteiger partial charge >= 0.3 is 16.8 Å². The van der Waals surface area contributed by atoms with Crippen LogP contribution in [0.2, 0.25) is 0 Å². The van der Waals surface area contributed by atoms with Crippen LogP contribution in [0.25, 0.3) is 0 Å². The van der Waals surface area contributed by atoms with Crippen molar-refractivity contribution >= 4 is 35.5 Å². The highest BCUT2D eigenvalue weighted by atomic mass is 35.5. The summed E-state index contributed by atoms with van der Waals surface area (Å²) in [6.07, 6.45) is -4.69. The third kappa shape index (κ3) is 4.64. The molecule has 0 spiro atoms. The standard InChI is InChI=1S/C5H6Cl2O6/c1-2(12-3(8)9)5(6,7)13-4(10)11/h2H,1H3,(H,8,9)(H,10,11). The van der Waals surface area contributed by atoms with E-state index < -0.39 is 22.9 Å². The van der Waals surface area contributed by atoms with Gasteiger partial charge in [-0.3, -0.25) is 0 Å². The number of hydrogen-bond donors (Lipinski definition) is 2. The summed E-state index contributed by atoms with van der Waals surface area (Å²) in [4.78, 5) is 20.0. The molecule has 1 atom stereocenters. The molecule has 13 heavy (non-hydrogen) atoms. The second-order valence-corrected chi connectivity index (χ2v) is 3.27. The molecule has 2 N–H and O–H groups in total. The van der Waals surface area contributed by atoms with Crippen molar-refractivity contribution in [3.63, 3.8) is 0 Å². The van der Waals surface area contributed by atoms with Crippen LogP contribution in [0.3, 0.4) is 0 Å². The molecule has 76 valence electrons. The number of alkyl halides is 2. The van der Waals surface area contributed by atoms with E-state index >= 15 is 0 Å². The fourth-order valence-electron chi connectivity index (χ4n) is 0.419. The van der Waals surface area contributed by atoms with Crippen molar-refractivity contribution in [3.8, 4) is 0 Å². The lowest BCUT2D eigenvalue weighted by Gasteiger charge is -2.23. The first-order valence-corrected chi connectivity index (χ1v) is 3.70. The molecular weight excluding hydrogens is 227 g/mol. The molecule has 0 amide bonds. The topological polar surface area (TPSA) is 93.1 Å². The van der Waals surface area contributed by atoms with Crippen LogP contribution >= 0.6 is 23.2 Å². The first-order chi connectivity index (χ1) is 5.75. The Bertz CT molecular complexity index is 215. The molecule has 6 nitrogen and oxygen atoms in total. The summed E-state index contributed by atoms with van der Waals surface area (Å²) < 4.78 is 5.79. The van der Waals surface area contributed by atoms with Crippen LogP contribution in [0.4, 0.5) is 9.59 Å². The molecule has 0 saturated carbocycles. The van der Waals surface area contributed by atoms with Crippen molar-refractivity contribution in [1.82, 2.24) is 0 Å². The molecule has 0 aliphatic carbocycles. The lowest BCUT2D eigenvalue weighted by molar-refractivity contribution is -0.0194. The second kappa shape index (κ2) is 4.38. The Morgan fingerprint density at radius 2 is 1.77 bits per heavy atom. The first kappa shape index (κ1) is 12.1. The van der Waals surface area contributed by atoms with Gasteiger partial charge in [0.1, 0.15) is 0 Å². The fraction of sp³-hybridized carbons (Fsp3) is 0.600. The number of ether oxygens (including phenoxy) is 2. The average Bonchev–Trinajstić information content (AvgIpc) is 1.81. The van der Waals surface area contributed by atoms with Gasteiger partial charge in [0.05, 0.1) is 0 Å². The number of carboxylic acid groups (broad SMARTS) is 2. The Hall–Kier alpha value is -0.880. The van der Waals surface area contributed by atoms with Crippen LogP contribution in [0, 0.1) is 0 Å². The molecule has 0 aliphatic rings. The molecule has 0 radical (unpaired) electrons. The molecule has 0 aliphatic heterocycles.